The maximum absolute atomic E-state index is 5.72. The Morgan fingerprint density at radius 3 is 2.79 bits per heavy atom. The van der Waals surface area contributed by atoms with Gasteiger partial charge in [-0.15, -0.1) is 0 Å². The van der Waals surface area contributed by atoms with Crippen LogP contribution in [0.4, 0.5) is 0 Å². The number of hydrogen-bond acceptors (Lipinski definition) is 4. The molecule has 1 aliphatic heterocycles. The fourth-order valence-corrected chi connectivity index (χ4v) is 1.88. The van der Waals surface area contributed by atoms with Gasteiger partial charge in [0, 0.05) is 32.8 Å². The van der Waals surface area contributed by atoms with E-state index in [1.54, 1.807) is 7.11 Å². The minimum atomic E-state index is -0.0561. The monoisotopic (exact) mass is 202 g/mol. The molecule has 0 aromatic carbocycles. The number of methoxy groups -OCH3 is 1. The highest BCUT2D eigenvalue weighted by molar-refractivity contribution is 4.83. The molecule has 0 saturated carbocycles. The van der Waals surface area contributed by atoms with Crippen LogP contribution in [0.1, 0.15) is 13.8 Å². The number of ether oxygens (including phenoxy) is 2. The van der Waals surface area contributed by atoms with Crippen molar-refractivity contribution in [3.05, 3.63) is 0 Å². The first-order valence-electron chi connectivity index (χ1n) is 5.16. The molecular weight excluding hydrogens is 180 g/mol. The van der Waals surface area contributed by atoms with Gasteiger partial charge in [0.15, 0.2) is 0 Å². The normalized spacial score (nSPS) is 24.9. The molecule has 0 aromatic rings. The molecule has 0 amide bonds. The van der Waals surface area contributed by atoms with Gasteiger partial charge in [-0.1, -0.05) is 0 Å². The summed E-state index contributed by atoms with van der Waals surface area (Å²) >= 11 is 0. The smallest absolute Gasteiger partial charge is 0.0753 e. The maximum atomic E-state index is 5.72. The second kappa shape index (κ2) is 5.07. The zero-order chi connectivity index (χ0) is 10.6. The van der Waals surface area contributed by atoms with Gasteiger partial charge in [-0.25, -0.2) is 0 Å². The summed E-state index contributed by atoms with van der Waals surface area (Å²) < 4.78 is 10.8. The van der Waals surface area contributed by atoms with E-state index in [0.29, 0.717) is 19.2 Å². The van der Waals surface area contributed by atoms with Crippen molar-refractivity contribution < 1.29 is 9.47 Å². The molecule has 1 saturated heterocycles. The number of hydrogen-bond donors (Lipinski definition) is 1. The molecule has 84 valence electrons. The Morgan fingerprint density at radius 2 is 2.29 bits per heavy atom. The molecule has 1 fully saturated rings. The van der Waals surface area contributed by atoms with E-state index in [2.05, 4.69) is 18.7 Å². The van der Waals surface area contributed by atoms with Gasteiger partial charge in [0.05, 0.1) is 18.8 Å². The fourth-order valence-electron chi connectivity index (χ4n) is 1.88. The second-order valence-electron chi connectivity index (χ2n) is 4.42. The predicted molar refractivity (Wildman–Crippen MR) is 56.3 cm³/mol. The quantitative estimate of drug-likeness (QED) is 0.701. The van der Waals surface area contributed by atoms with Gasteiger partial charge in [0.25, 0.3) is 0 Å². The van der Waals surface area contributed by atoms with Crippen molar-refractivity contribution in [2.24, 2.45) is 5.73 Å². The molecule has 14 heavy (non-hydrogen) atoms. The summed E-state index contributed by atoms with van der Waals surface area (Å²) in [4.78, 5) is 2.35. The summed E-state index contributed by atoms with van der Waals surface area (Å²) in [6.45, 7) is 8.23. The van der Waals surface area contributed by atoms with Crippen LogP contribution in [0.2, 0.25) is 0 Å². The average Bonchev–Trinajstić information content (AvgIpc) is 2.12. The van der Waals surface area contributed by atoms with E-state index in [1.807, 2.05) is 0 Å². The summed E-state index contributed by atoms with van der Waals surface area (Å²) in [5.41, 5.74) is 5.66. The third-order valence-electron chi connectivity index (χ3n) is 2.60. The predicted octanol–water partition coefficient (Wildman–Crippen LogP) is 0.0709. The first kappa shape index (κ1) is 11.9. The van der Waals surface area contributed by atoms with E-state index < -0.39 is 0 Å². The van der Waals surface area contributed by atoms with E-state index in [9.17, 15) is 0 Å². The molecule has 2 N–H and O–H groups in total. The summed E-state index contributed by atoms with van der Waals surface area (Å²) in [5, 5.41) is 0. The minimum absolute atomic E-state index is 0.0561. The topological polar surface area (TPSA) is 47.7 Å². The number of rotatable bonds is 4. The van der Waals surface area contributed by atoms with Crippen LogP contribution in [0.5, 0.6) is 0 Å². The van der Waals surface area contributed by atoms with Gasteiger partial charge in [-0.05, 0) is 13.8 Å². The van der Waals surface area contributed by atoms with Crippen molar-refractivity contribution in [3.63, 3.8) is 0 Å². The van der Waals surface area contributed by atoms with Crippen LogP contribution in [0.3, 0.4) is 0 Å². The molecule has 0 bridgehead atoms. The zero-order valence-corrected chi connectivity index (χ0v) is 9.45. The highest BCUT2D eigenvalue weighted by Gasteiger charge is 2.30. The Bertz CT molecular complexity index is 174. The third-order valence-corrected chi connectivity index (χ3v) is 2.60. The number of nitrogens with two attached hydrogens (primary N) is 1. The lowest BCUT2D eigenvalue weighted by molar-refractivity contribution is -0.102. The van der Waals surface area contributed by atoms with Crippen LogP contribution in [0.25, 0.3) is 0 Å². The maximum Gasteiger partial charge on any atom is 0.0753 e. The lowest BCUT2D eigenvalue weighted by Gasteiger charge is -2.41. The lowest BCUT2D eigenvalue weighted by atomic mass is 10.1. The Hall–Kier alpha value is -0.160. The SMILES string of the molecule is COCC(CN)N1CCOC(C)(C)C1. The molecule has 1 heterocycles. The van der Waals surface area contributed by atoms with Crippen molar-refractivity contribution in [2.45, 2.75) is 25.5 Å². The highest BCUT2D eigenvalue weighted by atomic mass is 16.5. The Labute approximate surface area is 86.3 Å². The summed E-state index contributed by atoms with van der Waals surface area (Å²) in [5.74, 6) is 0. The summed E-state index contributed by atoms with van der Waals surface area (Å²) in [6, 6.07) is 0.322. The number of nitrogens with zero attached hydrogens (tertiary/aromatic N) is 1. The van der Waals surface area contributed by atoms with E-state index in [4.69, 9.17) is 15.2 Å². The van der Waals surface area contributed by atoms with Crippen molar-refractivity contribution in [3.8, 4) is 0 Å². The molecular formula is C10H22N2O2. The lowest BCUT2D eigenvalue weighted by Crippen LogP contribution is -2.55. The second-order valence-corrected chi connectivity index (χ2v) is 4.42. The molecule has 4 heteroatoms. The van der Waals surface area contributed by atoms with Gasteiger partial charge in [0.1, 0.15) is 0 Å². The van der Waals surface area contributed by atoms with Crippen LogP contribution in [0.15, 0.2) is 0 Å². The Kier molecular flexibility index (Phi) is 4.31. The molecule has 1 aliphatic rings. The molecule has 1 rings (SSSR count). The average molecular weight is 202 g/mol. The summed E-state index contributed by atoms with van der Waals surface area (Å²) in [7, 11) is 1.72. The summed E-state index contributed by atoms with van der Waals surface area (Å²) in [6.07, 6.45) is 0. The van der Waals surface area contributed by atoms with Crippen molar-refractivity contribution in [2.75, 3.05) is 40.0 Å². The molecule has 4 nitrogen and oxygen atoms in total. The van der Waals surface area contributed by atoms with E-state index in [0.717, 1.165) is 19.7 Å². The fraction of sp³-hybridized carbons (Fsp3) is 1.00. The van der Waals surface area contributed by atoms with Crippen LogP contribution in [-0.2, 0) is 9.47 Å². The zero-order valence-electron chi connectivity index (χ0n) is 9.45. The van der Waals surface area contributed by atoms with Gasteiger partial charge in [0.2, 0.25) is 0 Å². The van der Waals surface area contributed by atoms with E-state index >= 15 is 0 Å². The Morgan fingerprint density at radius 1 is 1.57 bits per heavy atom. The van der Waals surface area contributed by atoms with Gasteiger partial charge >= 0.3 is 0 Å². The Balaban J connectivity index is 2.49. The molecule has 0 aromatic heterocycles. The van der Waals surface area contributed by atoms with Crippen molar-refractivity contribution in [1.29, 1.82) is 0 Å². The van der Waals surface area contributed by atoms with Gasteiger partial charge in [-0.3, -0.25) is 4.90 Å². The largest absolute Gasteiger partial charge is 0.383 e. The molecule has 1 unspecified atom stereocenters. The molecule has 0 aliphatic carbocycles. The van der Waals surface area contributed by atoms with Crippen LogP contribution < -0.4 is 5.73 Å². The third kappa shape index (κ3) is 3.20. The molecule has 0 spiro atoms. The molecule has 1 atom stereocenters. The van der Waals surface area contributed by atoms with E-state index in [-0.39, 0.29) is 5.60 Å². The first-order valence-corrected chi connectivity index (χ1v) is 5.16. The van der Waals surface area contributed by atoms with Crippen molar-refractivity contribution in [1.82, 2.24) is 4.90 Å². The van der Waals surface area contributed by atoms with Crippen LogP contribution in [0, 0.1) is 0 Å². The molecule has 0 radical (unpaired) electrons. The van der Waals surface area contributed by atoms with Gasteiger partial charge < -0.3 is 15.2 Å². The standard InChI is InChI=1S/C10H22N2O2/c1-10(2)8-12(4-5-14-10)9(6-11)7-13-3/h9H,4-8,11H2,1-3H3. The number of morpholine rings is 1. The van der Waals surface area contributed by atoms with Crippen molar-refractivity contribution >= 4 is 0 Å². The van der Waals surface area contributed by atoms with E-state index in [1.165, 1.54) is 0 Å². The first-order chi connectivity index (χ1) is 6.59. The minimum Gasteiger partial charge on any atom is -0.383 e. The highest BCUT2D eigenvalue weighted by Crippen LogP contribution is 2.18. The van der Waals surface area contributed by atoms with Crippen LogP contribution in [-0.4, -0.2) is 56.5 Å². The van der Waals surface area contributed by atoms with Crippen LogP contribution >= 0.6 is 0 Å². The van der Waals surface area contributed by atoms with Gasteiger partial charge in [-0.2, -0.15) is 0 Å².